The molecule has 126 valence electrons. The zero-order valence-electron chi connectivity index (χ0n) is 13.5. The van der Waals surface area contributed by atoms with Gasteiger partial charge in [-0.2, -0.15) is 5.10 Å². The van der Waals surface area contributed by atoms with Gasteiger partial charge in [0.25, 0.3) is 5.91 Å². The number of carbonyl (C=O) groups is 1. The lowest BCUT2D eigenvalue weighted by atomic mass is 9.84. The molecule has 1 aromatic carbocycles. The van der Waals surface area contributed by atoms with Crippen LogP contribution in [0.1, 0.15) is 28.8 Å². The minimum atomic E-state index is 0.0300. The van der Waals surface area contributed by atoms with Crippen molar-refractivity contribution in [3.63, 3.8) is 0 Å². The Labute approximate surface area is 146 Å². The molecule has 5 rings (SSSR count). The first kappa shape index (κ1) is 15.7. The molecule has 2 bridgehead atoms. The Morgan fingerprint density at radius 3 is 2.58 bits per heavy atom. The normalized spacial score (nSPS) is 25.6. The summed E-state index contributed by atoms with van der Waals surface area (Å²) < 4.78 is 1.78. The topological polar surface area (TPSA) is 50.2 Å². The number of nitrogens with one attached hydrogen (secondary N) is 1. The summed E-state index contributed by atoms with van der Waals surface area (Å²) >= 11 is 5.87. The molecule has 0 saturated carbocycles. The highest BCUT2D eigenvalue weighted by Crippen LogP contribution is 2.27. The molecule has 3 saturated heterocycles. The van der Waals surface area contributed by atoms with Crippen LogP contribution in [0.15, 0.2) is 36.7 Å². The third-order valence-electron chi connectivity index (χ3n) is 5.14. The lowest BCUT2D eigenvalue weighted by Gasteiger charge is -2.44. The van der Waals surface area contributed by atoms with Crippen LogP contribution < -0.4 is 5.32 Å². The van der Waals surface area contributed by atoms with E-state index in [-0.39, 0.29) is 5.91 Å². The number of halogens is 1. The molecule has 1 N–H and O–H groups in total. The maximum atomic E-state index is 12.5. The van der Waals surface area contributed by atoms with Crippen molar-refractivity contribution in [2.24, 2.45) is 5.92 Å². The molecule has 1 amide bonds. The maximum Gasteiger partial charge on any atom is 0.251 e. The molecule has 3 fully saturated rings. The van der Waals surface area contributed by atoms with E-state index in [1.165, 1.54) is 25.9 Å². The van der Waals surface area contributed by atoms with Gasteiger partial charge in [0.2, 0.25) is 0 Å². The van der Waals surface area contributed by atoms with Gasteiger partial charge in [-0.05, 0) is 49.5 Å². The van der Waals surface area contributed by atoms with Crippen LogP contribution in [0.5, 0.6) is 0 Å². The van der Waals surface area contributed by atoms with Crippen molar-refractivity contribution >= 4 is 17.5 Å². The minimum Gasteiger partial charge on any atom is -0.348 e. The van der Waals surface area contributed by atoms with Crippen LogP contribution in [0.25, 0.3) is 0 Å². The number of piperidine rings is 3. The third-order valence-corrected chi connectivity index (χ3v) is 5.33. The molecule has 3 aliphatic heterocycles. The Bertz CT molecular complexity index is 719. The summed E-state index contributed by atoms with van der Waals surface area (Å²) in [5, 5.41) is 8.02. The minimum absolute atomic E-state index is 0.0300. The number of nitrogens with zero attached hydrogens (tertiary/aromatic N) is 3. The van der Waals surface area contributed by atoms with Gasteiger partial charge >= 0.3 is 0 Å². The van der Waals surface area contributed by atoms with Crippen molar-refractivity contribution in [1.29, 1.82) is 0 Å². The molecule has 1 aromatic heterocycles. The van der Waals surface area contributed by atoms with Gasteiger partial charge in [0, 0.05) is 24.3 Å². The number of aromatic nitrogens is 2. The highest BCUT2D eigenvalue weighted by Gasteiger charge is 2.34. The predicted molar refractivity (Wildman–Crippen MR) is 93.2 cm³/mol. The number of hydrogen-bond donors (Lipinski definition) is 1. The fourth-order valence-corrected chi connectivity index (χ4v) is 3.91. The molecule has 24 heavy (non-hydrogen) atoms. The molecular formula is C18H21ClN4O. The molecular weight excluding hydrogens is 324 g/mol. The average Bonchev–Trinajstić information content (AvgIpc) is 3.01. The van der Waals surface area contributed by atoms with E-state index in [1.807, 2.05) is 24.3 Å². The zero-order valence-corrected chi connectivity index (χ0v) is 14.2. The van der Waals surface area contributed by atoms with Gasteiger partial charge in [0.05, 0.1) is 17.8 Å². The highest BCUT2D eigenvalue weighted by molar-refractivity contribution is 6.30. The number of fused-ring (bicyclic) bond motifs is 3. The largest absolute Gasteiger partial charge is 0.348 e. The number of benzene rings is 1. The van der Waals surface area contributed by atoms with Gasteiger partial charge in [-0.1, -0.05) is 23.7 Å². The lowest BCUT2D eigenvalue weighted by molar-refractivity contribution is 0.0620. The lowest BCUT2D eigenvalue weighted by Crippen LogP contribution is -2.57. The van der Waals surface area contributed by atoms with Crippen LogP contribution in [-0.4, -0.2) is 46.3 Å². The van der Waals surface area contributed by atoms with Gasteiger partial charge in [-0.3, -0.25) is 9.48 Å². The van der Waals surface area contributed by atoms with E-state index in [0.29, 0.717) is 29.1 Å². The highest BCUT2D eigenvalue weighted by atomic mass is 35.5. The smallest absolute Gasteiger partial charge is 0.251 e. The molecule has 1 unspecified atom stereocenters. The van der Waals surface area contributed by atoms with Crippen molar-refractivity contribution in [3.8, 4) is 0 Å². The quantitative estimate of drug-likeness (QED) is 0.926. The van der Waals surface area contributed by atoms with Gasteiger partial charge in [-0.25, -0.2) is 0 Å². The van der Waals surface area contributed by atoms with Gasteiger partial charge < -0.3 is 10.2 Å². The molecule has 6 heteroatoms. The molecule has 1 atom stereocenters. The number of hydrogen-bond acceptors (Lipinski definition) is 3. The standard InChI is InChI=1S/C18H21ClN4O/c19-16-9-20-23(11-16)10-13-1-3-15(4-2-13)18(24)21-17-12-22-7-5-14(17)6-8-22/h1-4,9,11,14,17H,5-8,10,12H2,(H,21,24). The van der Waals surface area contributed by atoms with E-state index in [2.05, 4.69) is 15.3 Å². The Kier molecular flexibility index (Phi) is 4.29. The first-order valence-electron chi connectivity index (χ1n) is 8.47. The molecule has 2 aromatic rings. The first-order chi connectivity index (χ1) is 11.7. The van der Waals surface area contributed by atoms with Crippen molar-refractivity contribution in [2.45, 2.75) is 25.4 Å². The summed E-state index contributed by atoms with van der Waals surface area (Å²) in [5.74, 6) is 0.672. The number of amides is 1. The van der Waals surface area contributed by atoms with Crippen LogP contribution in [-0.2, 0) is 6.54 Å². The fraction of sp³-hybridized carbons (Fsp3) is 0.444. The second-order valence-electron chi connectivity index (χ2n) is 6.77. The van der Waals surface area contributed by atoms with Gasteiger partial charge in [0.1, 0.15) is 0 Å². The summed E-state index contributed by atoms with van der Waals surface area (Å²) in [6, 6.07) is 8.02. The van der Waals surface area contributed by atoms with E-state index in [4.69, 9.17) is 11.6 Å². The van der Waals surface area contributed by atoms with E-state index in [1.54, 1.807) is 17.1 Å². The first-order valence-corrected chi connectivity index (χ1v) is 8.85. The van der Waals surface area contributed by atoms with Gasteiger partial charge in [0.15, 0.2) is 0 Å². The third kappa shape index (κ3) is 3.32. The van der Waals surface area contributed by atoms with E-state index >= 15 is 0 Å². The van der Waals surface area contributed by atoms with Crippen LogP contribution >= 0.6 is 11.6 Å². The summed E-state index contributed by atoms with van der Waals surface area (Å²) in [4.78, 5) is 14.9. The molecule has 3 aliphatic rings. The van der Waals surface area contributed by atoms with E-state index in [9.17, 15) is 4.79 Å². The predicted octanol–water partition coefficient (Wildman–Crippen LogP) is 2.41. The number of carbonyl (C=O) groups excluding carboxylic acids is 1. The van der Waals surface area contributed by atoms with Gasteiger partial charge in [-0.15, -0.1) is 0 Å². The summed E-state index contributed by atoms with van der Waals surface area (Å²) in [6.07, 6.45) is 5.82. The SMILES string of the molecule is O=C(NC1CN2CCC1CC2)c1ccc(Cn2cc(Cl)cn2)cc1. The maximum absolute atomic E-state index is 12.5. The van der Waals surface area contributed by atoms with Crippen LogP contribution in [0.4, 0.5) is 0 Å². The molecule has 0 spiro atoms. The summed E-state index contributed by atoms with van der Waals surface area (Å²) in [6.45, 7) is 4.01. The Morgan fingerprint density at radius 1 is 1.25 bits per heavy atom. The molecule has 0 aliphatic carbocycles. The Balaban J connectivity index is 1.38. The average molecular weight is 345 g/mol. The van der Waals surface area contributed by atoms with E-state index < -0.39 is 0 Å². The van der Waals surface area contributed by atoms with Crippen molar-refractivity contribution in [2.75, 3.05) is 19.6 Å². The summed E-state index contributed by atoms with van der Waals surface area (Å²) in [7, 11) is 0. The monoisotopic (exact) mass is 344 g/mol. The van der Waals surface area contributed by atoms with Crippen LogP contribution in [0.3, 0.4) is 0 Å². The molecule has 4 heterocycles. The van der Waals surface area contributed by atoms with E-state index in [0.717, 1.165) is 12.1 Å². The second-order valence-corrected chi connectivity index (χ2v) is 7.21. The second kappa shape index (κ2) is 6.57. The van der Waals surface area contributed by atoms with Crippen molar-refractivity contribution in [3.05, 3.63) is 52.8 Å². The Morgan fingerprint density at radius 2 is 2.00 bits per heavy atom. The number of rotatable bonds is 4. The molecule has 5 nitrogen and oxygen atoms in total. The van der Waals surface area contributed by atoms with Crippen molar-refractivity contribution in [1.82, 2.24) is 20.0 Å². The van der Waals surface area contributed by atoms with Crippen molar-refractivity contribution < 1.29 is 4.79 Å². The van der Waals surface area contributed by atoms with Crippen LogP contribution in [0.2, 0.25) is 5.02 Å². The van der Waals surface area contributed by atoms with Crippen LogP contribution in [0, 0.1) is 5.92 Å². The molecule has 0 radical (unpaired) electrons. The Hall–Kier alpha value is -1.85. The summed E-state index contributed by atoms with van der Waals surface area (Å²) in [5.41, 5.74) is 1.81. The zero-order chi connectivity index (χ0) is 16.5. The fourth-order valence-electron chi connectivity index (χ4n) is 3.75.